The minimum atomic E-state index is -0.162. The molecule has 3 unspecified atom stereocenters. The summed E-state index contributed by atoms with van der Waals surface area (Å²) in [6, 6.07) is 0.0113. The lowest BCUT2D eigenvalue weighted by molar-refractivity contribution is 0.0172. The Morgan fingerprint density at radius 2 is 2.40 bits per heavy atom. The molecule has 2 heterocycles. The number of rotatable bonds is 3. The van der Waals surface area contributed by atoms with Gasteiger partial charge in [-0.05, 0) is 13.8 Å². The Bertz CT molecular complexity index is 290. The minimum absolute atomic E-state index is 0.00667. The van der Waals surface area contributed by atoms with Crippen molar-refractivity contribution in [3.05, 3.63) is 0 Å². The van der Waals surface area contributed by atoms with E-state index >= 15 is 0 Å². The molecular weight excluding hydrogens is 194 g/mol. The molecule has 3 atom stereocenters. The first-order valence-corrected chi connectivity index (χ1v) is 5.26. The highest BCUT2D eigenvalue weighted by Gasteiger charge is 2.39. The Hall–Kier alpha value is -1.30. The van der Waals surface area contributed by atoms with Crippen molar-refractivity contribution in [3.8, 4) is 0 Å². The molecule has 3 N–H and O–H groups in total. The Morgan fingerprint density at radius 3 is 3.07 bits per heavy atom. The van der Waals surface area contributed by atoms with Crippen molar-refractivity contribution in [2.75, 3.05) is 13.2 Å². The average Bonchev–Trinajstić information content (AvgIpc) is 2.61. The second-order valence-corrected chi connectivity index (χ2v) is 3.53. The van der Waals surface area contributed by atoms with E-state index < -0.39 is 0 Å². The maximum Gasteiger partial charge on any atom is 0.192 e. The van der Waals surface area contributed by atoms with Gasteiger partial charge in [-0.2, -0.15) is 0 Å². The molecular formula is C9H17N5O. The van der Waals surface area contributed by atoms with Crippen molar-refractivity contribution in [2.24, 2.45) is 15.7 Å². The topological polar surface area (TPSA) is 75.2 Å². The third-order valence-corrected chi connectivity index (χ3v) is 2.62. The fourth-order valence-electron chi connectivity index (χ4n) is 1.89. The summed E-state index contributed by atoms with van der Waals surface area (Å²) in [5, 5.41) is 3.00. The molecule has 2 rings (SSSR count). The zero-order valence-corrected chi connectivity index (χ0v) is 9.05. The van der Waals surface area contributed by atoms with Crippen molar-refractivity contribution in [2.45, 2.75) is 32.3 Å². The highest BCUT2D eigenvalue weighted by atomic mass is 16.5. The molecule has 0 bridgehead atoms. The molecule has 0 saturated heterocycles. The standard InChI is InChI=1S/C9H17N5O/c1-3-14-5-11-6-7(14)12-9(10)13-8(6)15-4-2/h5-8H,3-4H2,1-2H3,(H3,10,12,13). The van der Waals surface area contributed by atoms with Crippen LogP contribution in [0.5, 0.6) is 0 Å². The lowest BCUT2D eigenvalue weighted by Crippen LogP contribution is -2.57. The van der Waals surface area contributed by atoms with Gasteiger partial charge in [-0.25, -0.2) is 4.99 Å². The molecule has 84 valence electrons. The Kier molecular flexibility index (Phi) is 2.77. The van der Waals surface area contributed by atoms with E-state index in [4.69, 9.17) is 10.5 Å². The van der Waals surface area contributed by atoms with Crippen LogP contribution in [0.2, 0.25) is 0 Å². The van der Waals surface area contributed by atoms with Crippen LogP contribution in [0, 0.1) is 0 Å². The number of guanidine groups is 1. The monoisotopic (exact) mass is 211 g/mol. The van der Waals surface area contributed by atoms with Crippen LogP contribution in [0.1, 0.15) is 13.8 Å². The summed E-state index contributed by atoms with van der Waals surface area (Å²) in [6.07, 6.45) is 1.66. The van der Waals surface area contributed by atoms with Gasteiger partial charge in [0.05, 0.1) is 6.34 Å². The van der Waals surface area contributed by atoms with Crippen LogP contribution in [0.4, 0.5) is 0 Å². The van der Waals surface area contributed by atoms with Gasteiger partial charge in [-0.1, -0.05) is 0 Å². The van der Waals surface area contributed by atoms with Gasteiger partial charge in [0, 0.05) is 13.2 Å². The number of hydrogen-bond acceptors (Lipinski definition) is 6. The molecule has 0 aliphatic carbocycles. The van der Waals surface area contributed by atoms with E-state index in [1.807, 2.05) is 13.3 Å². The van der Waals surface area contributed by atoms with Crippen LogP contribution in [0.15, 0.2) is 9.98 Å². The molecule has 6 nitrogen and oxygen atoms in total. The van der Waals surface area contributed by atoms with Gasteiger partial charge in [0.15, 0.2) is 18.4 Å². The number of ether oxygens (including phenoxy) is 1. The van der Waals surface area contributed by atoms with Gasteiger partial charge in [-0.3, -0.25) is 4.99 Å². The summed E-state index contributed by atoms with van der Waals surface area (Å²) in [7, 11) is 0. The summed E-state index contributed by atoms with van der Waals surface area (Å²) in [4.78, 5) is 10.8. The van der Waals surface area contributed by atoms with Crippen LogP contribution >= 0.6 is 0 Å². The van der Waals surface area contributed by atoms with Crippen molar-refractivity contribution in [3.63, 3.8) is 0 Å². The lowest BCUT2D eigenvalue weighted by atomic mass is 10.2. The summed E-state index contributed by atoms with van der Waals surface area (Å²) in [6.45, 7) is 5.53. The third-order valence-electron chi connectivity index (χ3n) is 2.62. The van der Waals surface area contributed by atoms with Gasteiger partial charge in [-0.15, -0.1) is 0 Å². The number of aliphatic imine (C=N–C) groups is 2. The predicted molar refractivity (Wildman–Crippen MR) is 58.6 cm³/mol. The van der Waals surface area contributed by atoms with Crippen molar-refractivity contribution in [1.29, 1.82) is 0 Å². The highest BCUT2D eigenvalue weighted by molar-refractivity contribution is 5.80. The molecule has 2 aliphatic rings. The maximum atomic E-state index is 5.70. The normalized spacial score (nSPS) is 33.6. The Morgan fingerprint density at radius 1 is 1.60 bits per heavy atom. The van der Waals surface area contributed by atoms with Crippen LogP contribution in [-0.2, 0) is 4.74 Å². The third kappa shape index (κ3) is 1.77. The molecule has 0 radical (unpaired) electrons. The van der Waals surface area contributed by atoms with Crippen LogP contribution in [0.3, 0.4) is 0 Å². The molecule has 0 aromatic heterocycles. The average molecular weight is 211 g/mol. The van der Waals surface area contributed by atoms with Gasteiger partial charge >= 0.3 is 0 Å². The first kappa shape index (κ1) is 10.2. The molecule has 0 aromatic rings. The molecule has 0 fully saturated rings. The highest BCUT2D eigenvalue weighted by Crippen LogP contribution is 2.21. The number of likely N-dealkylation sites (N-methyl/N-ethyl adjacent to an activating group) is 1. The number of nitrogens with two attached hydrogens (primary N) is 1. The number of nitrogens with zero attached hydrogens (tertiary/aromatic N) is 3. The quantitative estimate of drug-likeness (QED) is 0.649. The first-order valence-electron chi connectivity index (χ1n) is 5.26. The van der Waals surface area contributed by atoms with E-state index in [0.29, 0.717) is 12.6 Å². The molecule has 0 saturated carbocycles. The largest absolute Gasteiger partial charge is 0.370 e. The zero-order chi connectivity index (χ0) is 10.8. The minimum Gasteiger partial charge on any atom is -0.370 e. The zero-order valence-electron chi connectivity index (χ0n) is 9.05. The fourth-order valence-corrected chi connectivity index (χ4v) is 1.89. The predicted octanol–water partition coefficient (Wildman–Crippen LogP) is -0.675. The molecule has 15 heavy (non-hydrogen) atoms. The molecule has 6 heteroatoms. The molecule has 0 spiro atoms. The van der Waals surface area contributed by atoms with Crippen LogP contribution in [0.25, 0.3) is 0 Å². The van der Waals surface area contributed by atoms with Crippen LogP contribution < -0.4 is 11.1 Å². The summed E-state index contributed by atoms with van der Waals surface area (Å²) >= 11 is 0. The Balaban J connectivity index is 2.16. The first-order chi connectivity index (χ1) is 7.26. The maximum absolute atomic E-state index is 5.70. The van der Waals surface area contributed by atoms with Gasteiger partial charge in [0.25, 0.3) is 0 Å². The van der Waals surface area contributed by atoms with E-state index in [1.165, 1.54) is 0 Å². The fraction of sp³-hybridized carbons (Fsp3) is 0.778. The lowest BCUT2D eigenvalue weighted by Gasteiger charge is -2.33. The van der Waals surface area contributed by atoms with Gasteiger partial charge in [0.2, 0.25) is 0 Å². The van der Waals surface area contributed by atoms with Crippen molar-refractivity contribution < 1.29 is 4.74 Å². The SMILES string of the molecule is CCOC1NC(N)=NC2C1N=CN2CC. The summed E-state index contributed by atoms with van der Waals surface area (Å²) < 4.78 is 5.55. The van der Waals surface area contributed by atoms with E-state index in [0.717, 1.165) is 6.54 Å². The van der Waals surface area contributed by atoms with Crippen molar-refractivity contribution >= 4 is 12.3 Å². The number of hydrogen-bond donors (Lipinski definition) is 2. The molecule has 2 aliphatic heterocycles. The second kappa shape index (κ2) is 4.06. The summed E-state index contributed by atoms with van der Waals surface area (Å²) in [5.41, 5.74) is 5.70. The molecule has 0 amide bonds. The number of fused-ring (bicyclic) bond motifs is 1. The summed E-state index contributed by atoms with van der Waals surface area (Å²) in [5.74, 6) is 0.429. The van der Waals surface area contributed by atoms with E-state index in [1.54, 1.807) is 0 Å². The number of nitrogens with one attached hydrogen (secondary N) is 1. The second-order valence-electron chi connectivity index (χ2n) is 3.53. The van der Waals surface area contributed by atoms with Gasteiger partial charge in [0.1, 0.15) is 6.04 Å². The smallest absolute Gasteiger partial charge is 0.192 e. The molecule has 0 aromatic carbocycles. The Labute approximate surface area is 89.2 Å². The van der Waals surface area contributed by atoms with E-state index in [-0.39, 0.29) is 18.4 Å². The van der Waals surface area contributed by atoms with Crippen molar-refractivity contribution in [1.82, 2.24) is 10.2 Å². The van der Waals surface area contributed by atoms with E-state index in [2.05, 4.69) is 27.1 Å². The van der Waals surface area contributed by atoms with Gasteiger partial charge < -0.3 is 20.7 Å². The van der Waals surface area contributed by atoms with Crippen LogP contribution in [-0.4, -0.2) is 48.8 Å². The van der Waals surface area contributed by atoms with E-state index in [9.17, 15) is 0 Å².